The highest BCUT2D eigenvalue weighted by Gasteiger charge is 2.10. The summed E-state index contributed by atoms with van der Waals surface area (Å²) in [7, 11) is 0. The lowest BCUT2D eigenvalue weighted by atomic mass is 10.1. The molecule has 0 spiro atoms. The van der Waals surface area contributed by atoms with Gasteiger partial charge in [0.1, 0.15) is 5.82 Å². The Bertz CT molecular complexity index is 1050. The normalized spacial score (nSPS) is 15.0. The molecule has 1 aliphatic heterocycles. The summed E-state index contributed by atoms with van der Waals surface area (Å²) in [4.78, 5) is 19.7. The fraction of sp³-hybridized carbons (Fsp3) is 0.286. The van der Waals surface area contributed by atoms with Crippen molar-refractivity contribution < 1.29 is 0 Å². The fourth-order valence-electron chi connectivity index (χ4n) is 3.44. The molecule has 0 bridgehead atoms. The Kier molecular flexibility index (Phi) is 5.07. The van der Waals surface area contributed by atoms with Gasteiger partial charge < -0.3 is 4.90 Å². The predicted octanol–water partition coefficient (Wildman–Crippen LogP) is 4.34. The third-order valence-electron chi connectivity index (χ3n) is 4.91. The number of rotatable bonds is 3. The van der Waals surface area contributed by atoms with Crippen molar-refractivity contribution in [2.45, 2.75) is 26.2 Å². The van der Waals surface area contributed by atoms with E-state index in [1.54, 1.807) is 19.2 Å². The first-order valence-electron chi connectivity index (χ1n) is 9.20. The SMILES string of the molecule is Cc1nc2ccc(Br)cc2c(=O)n1N=Cc1ccc(N2CCCCC2)cc1. The highest BCUT2D eigenvalue weighted by Crippen LogP contribution is 2.20. The zero-order chi connectivity index (χ0) is 18.8. The molecule has 138 valence electrons. The minimum Gasteiger partial charge on any atom is -0.372 e. The molecule has 0 unspecified atom stereocenters. The molecule has 1 fully saturated rings. The van der Waals surface area contributed by atoms with Gasteiger partial charge in [-0.3, -0.25) is 4.79 Å². The monoisotopic (exact) mass is 424 g/mol. The minimum atomic E-state index is -0.167. The van der Waals surface area contributed by atoms with Gasteiger partial charge in [-0.05, 0) is 62.1 Å². The fourth-order valence-corrected chi connectivity index (χ4v) is 3.80. The van der Waals surface area contributed by atoms with Crippen LogP contribution in [0.1, 0.15) is 30.7 Å². The summed E-state index contributed by atoms with van der Waals surface area (Å²) in [5.74, 6) is 0.566. The summed E-state index contributed by atoms with van der Waals surface area (Å²) in [6.45, 7) is 4.04. The number of nitrogens with zero attached hydrogens (tertiary/aromatic N) is 4. The molecule has 0 aliphatic carbocycles. The lowest BCUT2D eigenvalue weighted by Gasteiger charge is -2.28. The lowest BCUT2D eigenvalue weighted by molar-refractivity contribution is 0.578. The molecule has 1 saturated heterocycles. The third kappa shape index (κ3) is 3.81. The maximum Gasteiger partial charge on any atom is 0.282 e. The van der Waals surface area contributed by atoms with E-state index < -0.39 is 0 Å². The zero-order valence-corrected chi connectivity index (χ0v) is 16.8. The molecular formula is C21H21BrN4O. The molecule has 2 aromatic carbocycles. The number of aromatic nitrogens is 2. The first-order valence-corrected chi connectivity index (χ1v) is 9.99. The maximum absolute atomic E-state index is 12.8. The smallest absolute Gasteiger partial charge is 0.282 e. The van der Waals surface area contributed by atoms with E-state index in [0.29, 0.717) is 16.7 Å². The first kappa shape index (κ1) is 17.9. The van der Waals surface area contributed by atoms with E-state index >= 15 is 0 Å². The summed E-state index contributed by atoms with van der Waals surface area (Å²) < 4.78 is 2.20. The number of benzene rings is 2. The molecule has 3 aromatic rings. The number of halogens is 1. The van der Waals surface area contributed by atoms with E-state index in [9.17, 15) is 4.79 Å². The van der Waals surface area contributed by atoms with Crippen LogP contribution in [-0.2, 0) is 0 Å². The molecule has 1 aliphatic rings. The number of hydrogen-bond donors (Lipinski definition) is 0. The van der Waals surface area contributed by atoms with Gasteiger partial charge in [-0.2, -0.15) is 9.78 Å². The lowest BCUT2D eigenvalue weighted by Crippen LogP contribution is -2.29. The van der Waals surface area contributed by atoms with Crippen molar-refractivity contribution in [3.8, 4) is 0 Å². The van der Waals surface area contributed by atoms with Gasteiger partial charge in [0.15, 0.2) is 0 Å². The minimum absolute atomic E-state index is 0.167. The van der Waals surface area contributed by atoms with Gasteiger partial charge in [-0.1, -0.05) is 28.1 Å². The van der Waals surface area contributed by atoms with Crippen molar-refractivity contribution in [1.29, 1.82) is 0 Å². The molecule has 27 heavy (non-hydrogen) atoms. The zero-order valence-electron chi connectivity index (χ0n) is 15.2. The molecular weight excluding hydrogens is 404 g/mol. The largest absolute Gasteiger partial charge is 0.372 e. The van der Waals surface area contributed by atoms with Gasteiger partial charge in [0, 0.05) is 23.2 Å². The first-order chi connectivity index (χ1) is 13.1. The van der Waals surface area contributed by atoms with Crippen LogP contribution in [0.3, 0.4) is 0 Å². The molecule has 0 saturated carbocycles. The molecule has 4 rings (SSSR count). The number of piperidine rings is 1. The Morgan fingerprint density at radius 3 is 2.56 bits per heavy atom. The molecule has 5 nitrogen and oxygen atoms in total. The van der Waals surface area contributed by atoms with E-state index in [1.807, 2.05) is 24.3 Å². The van der Waals surface area contributed by atoms with Gasteiger partial charge in [0.2, 0.25) is 0 Å². The summed E-state index contributed by atoms with van der Waals surface area (Å²) in [6.07, 6.45) is 5.55. The van der Waals surface area contributed by atoms with Gasteiger partial charge in [-0.25, -0.2) is 4.98 Å². The molecule has 6 heteroatoms. The van der Waals surface area contributed by atoms with Crippen molar-refractivity contribution in [2.75, 3.05) is 18.0 Å². The maximum atomic E-state index is 12.8. The van der Waals surface area contributed by atoms with Crippen LogP contribution in [0.4, 0.5) is 5.69 Å². The Morgan fingerprint density at radius 2 is 1.81 bits per heavy atom. The molecule has 1 aromatic heterocycles. The average Bonchev–Trinajstić information content (AvgIpc) is 2.70. The van der Waals surface area contributed by atoms with Crippen molar-refractivity contribution in [3.63, 3.8) is 0 Å². The van der Waals surface area contributed by atoms with Crippen LogP contribution < -0.4 is 10.5 Å². The second-order valence-electron chi connectivity index (χ2n) is 6.82. The van der Waals surface area contributed by atoms with Crippen LogP contribution in [-0.4, -0.2) is 29.0 Å². The summed E-state index contributed by atoms with van der Waals surface area (Å²) >= 11 is 3.41. The highest BCUT2D eigenvalue weighted by molar-refractivity contribution is 9.10. The highest BCUT2D eigenvalue weighted by atomic mass is 79.9. The Morgan fingerprint density at radius 1 is 1.07 bits per heavy atom. The van der Waals surface area contributed by atoms with Gasteiger partial charge in [0.25, 0.3) is 5.56 Å². The summed E-state index contributed by atoms with van der Waals surface area (Å²) in [5.41, 5.74) is 2.71. The third-order valence-corrected chi connectivity index (χ3v) is 5.40. The van der Waals surface area contributed by atoms with Crippen LogP contribution >= 0.6 is 15.9 Å². The molecule has 0 N–H and O–H groups in total. The van der Waals surface area contributed by atoms with Crippen molar-refractivity contribution in [1.82, 2.24) is 9.66 Å². The van der Waals surface area contributed by atoms with E-state index in [0.717, 1.165) is 23.1 Å². The average molecular weight is 425 g/mol. The number of anilines is 1. The van der Waals surface area contributed by atoms with E-state index in [1.165, 1.54) is 29.6 Å². The second-order valence-corrected chi connectivity index (χ2v) is 7.74. The second kappa shape index (κ2) is 7.64. The van der Waals surface area contributed by atoms with Crippen molar-refractivity contribution >= 4 is 38.7 Å². The van der Waals surface area contributed by atoms with Crippen LogP contribution in [0.15, 0.2) is 56.8 Å². The number of hydrogen-bond acceptors (Lipinski definition) is 4. The van der Waals surface area contributed by atoms with Gasteiger partial charge >= 0.3 is 0 Å². The molecule has 0 atom stereocenters. The molecule has 2 heterocycles. The van der Waals surface area contributed by atoms with Crippen molar-refractivity contribution in [2.24, 2.45) is 5.10 Å². The quantitative estimate of drug-likeness (QED) is 0.587. The van der Waals surface area contributed by atoms with Crippen LogP contribution in [0.5, 0.6) is 0 Å². The number of aryl methyl sites for hydroxylation is 1. The molecule has 0 amide bonds. The Balaban J connectivity index is 1.61. The van der Waals surface area contributed by atoms with E-state index in [4.69, 9.17) is 0 Å². The van der Waals surface area contributed by atoms with Crippen LogP contribution in [0, 0.1) is 6.92 Å². The van der Waals surface area contributed by atoms with E-state index in [-0.39, 0.29) is 5.56 Å². The standard InChI is InChI=1S/C21H21BrN4O/c1-15-24-20-10-7-17(22)13-19(20)21(27)26(15)23-14-16-5-8-18(9-6-16)25-11-3-2-4-12-25/h5-10,13-14H,2-4,11-12H2,1H3. The van der Waals surface area contributed by atoms with Crippen LogP contribution in [0.2, 0.25) is 0 Å². The summed E-state index contributed by atoms with van der Waals surface area (Å²) in [6, 6.07) is 13.8. The predicted molar refractivity (Wildman–Crippen MR) is 114 cm³/mol. The van der Waals surface area contributed by atoms with E-state index in [2.05, 4.69) is 43.0 Å². The Labute approximate surface area is 166 Å². The van der Waals surface area contributed by atoms with Crippen molar-refractivity contribution in [3.05, 3.63) is 68.7 Å². The van der Waals surface area contributed by atoms with Crippen LogP contribution in [0.25, 0.3) is 10.9 Å². The molecule has 0 radical (unpaired) electrons. The van der Waals surface area contributed by atoms with Gasteiger partial charge in [-0.15, -0.1) is 0 Å². The van der Waals surface area contributed by atoms with Gasteiger partial charge in [0.05, 0.1) is 17.1 Å². The summed E-state index contributed by atoms with van der Waals surface area (Å²) in [5, 5.41) is 4.93. The Hall–Kier alpha value is -2.47. The number of fused-ring (bicyclic) bond motifs is 1. The topological polar surface area (TPSA) is 50.5 Å².